The van der Waals surface area contributed by atoms with Gasteiger partial charge in [0, 0.05) is 19.3 Å². The van der Waals surface area contributed by atoms with Crippen LogP contribution >= 0.6 is 23.2 Å². The first kappa shape index (κ1) is 14.7. The topological polar surface area (TPSA) is 57.0 Å². The number of carbonyl (C=O) groups excluding carboxylic acids is 1. The van der Waals surface area contributed by atoms with E-state index in [-0.39, 0.29) is 22.0 Å². The molecule has 0 aliphatic carbocycles. The summed E-state index contributed by atoms with van der Waals surface area (Å²) in [6, 6.07) is 3.58. The third-order valence-electron chi connectivity index (χ3n) is 2.43. The number of pyridine rings is 1. The van der Waals surface area contributed by atoms with Crippen molar-refractivity contribution in [3.8, 4) is 6.07 Å². The summed E-state index contributed by atoms with van der Waals surface area (Å²) < 4.78 is 0. The van der Waals surface area contributed by atoms with Gasteiger partial charge in [0.1, 0.15) is 5.15 Å². The zero-order chi connectivity index (χ0) is 13.7. The minimum atomic E-state index is -0.218. The Bertz CT molecular complexity index is 485. The standard InChI is InChI=1S/C12H13Cl2N3O/c1-3-17(7-8(2)5-15)12(18)9-4-10(13)11(14)16-6-9/h4,6,8H,3,7H2,1-2H3. The van der Waals surface area contributed by atoms with Gasteiger partial charge >= 0.3 is 0 Å². The lowest BCUT2D eigenvalue weighted by molar-refractivity contribution is 0.0752. The average molecular weight is 286 g/mol. The van der Waals surface area contributed by atoms with Crippen LogP contribution in [0.5, 0.6) is 0 Å². The lowest BCUT2D eigenvalue weighted by Gasteiger charge is -2.21. The van der Waals surface area contributed by atoms with Crippen LogP contribution in [0, 0.1) is 17.2 Å². The fraction of sp³-hybridized carbons (Fsp3) is 0.417. The summed E-state index contributed by atoms with van der Waals surface area (Å²) in [5.74, 6) is -0.421. The van der Waals surface area contributed by atoms with Crippen LogP contribution in [-0.4, -0.2) is 28.9 Å². The number of amides is 1. The summed E-state index contributed by atoms with van der Waals surface area (Å²) in [5.41, 5.74) is 0.372. The molecule has 0 radical (unpaired) electrons. The Morgan fingerprint density at radius 2 is 2.28 bits per heavy atom. The molecule has 1 aromatic heterocycles. The third-order valence-corrected chi connectivity index (χ3v) is 3.11. The lowest BCUT2D eigenvalue weighted by atomic mass is 10.1. The van der Waals surface area contributed by atoms with Crippen LogP contribution in [-0.2, 0) is 0 Å². The molecule has 6 heteroatoms. The molecule has 4 nitrogen and oxygen atoms in total. The molecular weight excluding hydrogens is 273 g/mol. The van der Waals surface area contributed by atoms with E-state index in [1.54, 1.807) is 11.8 Å². The Kier molecular flexibility index (Phi) is 5.39. The number of nitrogens with zero attached hydrogens (tertiary/aromatic N) is 3. The largest absolute Gasteiger partial charge is 0.338 e. The first-order valence-electron chi connectivity index (χ1n) is 5.49. The maximum Gasteiger partial charge on any atom is 0.255 e. The number of aromatic nitrogens is 1. The second-order valence-corrected chi connectivity index (χ2v) is 4.64. The Balaban J connectivity index is 2.90. The summed E-state index contributed by atoms with van der Waals surface area (Å²) in [6.45, 7) is 4.52. The van der Waals surface area contributed by atoms with Crippen LogP contribution in [0.3, 0.4) is 0 Å². The molecule has 96 valence electrons. The molecule has 0 saturated heterocycles. The van der Waals surface area contributed by atoms with Gasteiger partial charge in [-0.2, -0.15) is 5.26 Å². The van der Waals surface area contributed by atoms with Crippen molar-refractivity contribution >= 4 is 29.1 Å². The van der Waals surface area contributed by atoms with Crippen molar-refractivity contribution in [1.82, 2.24) is 9.88 Å². The molecule has 1 unspecified atom stereocenters. The lowest BCUT2D eigenvalue weighted by Crippen LogP contribution is -2.34. The van der Waals surface area contributed by atoms with Gasteiger partial charge < -0.3 is 4.90 Å². The second-order valence-electron chi connectivity index (χ2n) is 3.87. The van der Waals surface area contributed by atoms with E-state index in [9.17, 15) is 4.79 Å². The summed E-state index contributed by atoms with van der Waals surface area (Å²) in [6.07, 6.45) is 1.39. The predicted molar refractivity (Wildman–Crippen MR) is 70.6 cm³/mol. The van der Waals surface area contributed by atoms with Gasteiger partial charge in [0.15, 0.2) is 0 Å². The van der Waals surface area contributed by atoms with Crippen LogP contribution in [0.4, 0.5) is 0 Å². The molecule has 0 N–H and O–H groups in total. The van der Waals surface area contributed by atoms with E-state index in [0.717, 1.165) is 0 Å². The van der Waals surface area contributed by atoms with Gasteiger partial charge in [0.05, 0.1) is 22.6 Å². The molecule has 0 aliphatic heterocycles. The average Bonchev–Trinajstić information content (AvgIpc) is 2.38. The van der Waals surface area contributed by atoms with Crippen molar-refractivity contribution in [2.24, 2.45) is 5.92 Å². The van der Waals surface area contributed by atoms with Gasteiger partial charge in [0.25, 0.3) is 5.91 Å². The molecule has 18 heavy (non-hydrogen) atoms. The first-order chi connectivity index (χ1) is 8.49. The molecule has 0 spiro atoms. The summed E-state index contributed by atoms with van der Waals surface area (Å²) >= 11 is 11.5. The Morgan fingerprint density at radius 3 is 2.78 bits per heavy atom. The van der Waals surface area contributed by atoms with Crippen molar-refractivity contribution < 1.29 is 4.79 Å². The summed E-state index contributed by atoms with van der Waals surface area (Å²) in [5, 5.41) is 9.18. The van der Waals surface area contributed by atoms with Gasteiger partial charge in [-0.15, -0.1) is 0 Å². The predicted octanol–water partition coefficient (Wildman–Crippen LogP) is 3.01. The summed E-state index contributed by atoms with van der Waals surface area (Å²) in [4.78, 5) is 17.6. The number of hydrogen-bond donors (Lipinski definition) is 0. The van der Waals surface area contributed by atoms with E-state index in [1.165, 1.54) is 12.3 Å². The van der Waals surface area contributed by atoms with Crippen molar-refractivity contribution in [2.45, 2.75) is 13.8 Å². The number of nitriles is 1. The highest BCUT2D eigenvalue weighted by Gasteiger charge is 2.17. The highest BCUT2D eigenvalue weighted by molar-refractivity contribution is 6.41. The normalized spacial score (nSPS) is 11.7. The smallest absolute Gasteiger partial charge is 0.255 e. The molecule has 0 bridgehead atoms. The third kappa shape index (κ3) is 3.59. The zero-order valence-corrected chi connectivity index (χ0v) is 11.7. The fourth-order valence-corrected chi connectivity index (χ4v) is 1.72. The Labute approximate surface area is 116 Å². The van der Waals surface area contributed by atoms with Gasteiger partial charge in [-0.25, -0.2) is 4.98 Å². The summed E-state index contributed by atoms with van der Waals surface area (Å²) in [7, 11) is 0. The molecule has 1 aromatic rings. The van der Waals surface area contributed by atoms with E-state index in [4.69, 9.17) is 28.5 Å². The second kappa shape index (κ2) is 6.58. The van der Waals surface area contributed by atoms with Crippen molar-refractivity contribution in [3.05, 3.63) is 28.0 Å². The Hall–Kier alpha value is -1.31. The fourth-order valence-electron chi connectivity index (χ4n) is 1.45. The zero-order valence-electron chi connectivity index (χ0n) is 10.2. The maximum atomic E-state index is 12.2. The van der Waals surface area contributed by atoms with E-state index < -0.39 is 0 Å². The highest BCUT2D eigenvalue weighted by atomic mass is 35.5. The van der Waals surface area contributed by atoms with Gasteiger partial charge in [-0.1, -0.05) is 23.2 Å². The van der Waals surface area contributed by atoms with Crippen LogP contribution in [0.2, 0.25) is 10.2 Å². The van der Waals surface area contributed by atoms with E-state index in [0.29, 0.717) is 18.7 Å². The van der Waals surface area contributed by atoms with E-state index in [2.05, 4.69) is 11.1 Å². The molecule has 1 rings (SSSR count). The monoisotopic (exact) mass is 285 g/mol. The molecule has 1 atom stereocenters. The number of carbonyl (C=O) groups is 1. The first-order valence-corrected chi connectivity index (χ1v) is 6.25. The quantitative estimate of drug-likeness (QED) is 0.799. The van der Waals surface area contributed by atoms with Crippen molar-refractivity contribution in [1.29, 1.82) is 5.26 Å². The molecule has 1 heterocycles. The molecule has 0 fully saturated rings. The van der Waals surface area contributed by atoms with Gasteiger partial charge in [-0.3, -0.25) is 4.79 Å². The van der Waals surface area contributed by atoms with Crippen LogP contribution in [0.15, 0.2) is 12.3 Å². The van der Waals surface area contributed by atoms with Crippen LogP contribution in [0.1, 0.15) is 24.2 Å². The highest BCUT2D eigenvalue weighted by Crippen LogP contribution is 2.20. The SMILES string of the molecule is CCN(CC(C)C#N)C(=O)c1cnc(Cl)c(Cl)c1. The number of halogens is 2. The molecule has 0 aromatic carbocycles. The Morgan fingerprint density at radius 1 is 1.61 bits per heavy atom. The molecule has 0 saturated carbocycles. The number of hydrogen-bond acceptors (Lipinski definition) is 3. The molecule has 0 aliphatic rings. The van der Waals surface area contributed by atoms with Gasteiger partial charge in [0.2, 0.25) is 0 Å². The van der Waals surface area contributed by atoms with Crippen LogP contribution in [0.25, 0.3) is 0 Å². The van der Waals surface area contributed by atoms with Crippen molar-refractivity contribution in [2.75, 3.05) is 13.1 Å². The molecule has 1 amide bonds. The van der Waals surface area contributed by atoms with E-state index >= 15 is 0 Å². The number of rotatable bonds is 4. The van der Waals surface area contributed by atoms with Gasteiger partial charge in [-0.05, 0) is 19.9 Å². The van der Waals surface area contributed by atoms with Crippen LogP contribution < -0.4 is 0 Å². The maximum absolute atomic E-state index is 12.2. The van der Waals surface area contributed by atoms with E-state index in [1.807, 2.05) is 6.92 Å². The van der Waals surface area contributed by atoms with Crippen molar-refractivity contribution in [3.63, 3.8) is 0 Å². The molecular formula is C12H13Cl2N3O. The minimum absolute atomic E-state index is 0.168. The minimum Gasteiger partial charge on any atom is -0.338 e.